The van der Waals surface area contributed by atoms with Gasteiger partial charge in [0.05, 0.1) is 12.1 Å². The lowest BCUT2D eigenvalue weighted by atomic mass is 10.2. The molecule has 4 nitrogen and oxygen atoms in total. The summed E-state index contributed by atoms with van der Waals surface area (Å²) in [6.07, 6.45) is 2.77. The zero-order valence-corrected chi connectivity index (χ0v) is 10.6. The second kappa shape index (κ2) is 9.00. The number of rotatable bonds is 8. The zero-order chi connectivity index (χ0) is 11.7. The molecule has 0 radical (unpaired) electrons. The van der Waals surface area contributed by atoms with Crippen molar-refractivity contribution < 1.29 is 9.53 Å². The van der Waals surface area contributed by atoms with Crippen LogP contribution in [0.3, 0.4) is 0 Å². The van der Waals surface area contributed by atoms with Gasteiger partial charge in [-0.3, -0.25) is 4.79 Å². The molecule has 0 aliphatic heterocycles. The third-order valence-electron chi connectivity index (χ3n) is 1.98. The summed E-state index contributed by atoms with van der Waals surface area (Å²) in [5, 5.41) is 2.78. The predicted molar refractivity (Wildman–Crippen MR) is 65.1 cm³/mol. The molecule has 0 spiro atoms. The molecule has 0 rings (SSSR count). The Balaban J connectivity index is 3.63. The summed E-state index contributed by atoms with van der Waals surface area (Å²) < 4.78 is 5.29. The largest absolute Gasteiger partial charge is 0.377 e. The van der Waals surface area contributed by atoms with Gasteiger partial charge < -0.3 is 15.8 Å². The van der Waals surface area contributed by atoms with Crippen molar-refractivity contribution in [1.82, 2.24) is 5.32 Å². The minimum absolute atomic E-state index is 0.0479. The molecule has 0 heterocycles. The molecule has 90 valence electrons. The maximum atomic E-state index is 11.5. The smallest absolute Gasteiger partial charge is 0.237 e. The first-order chi connectivity index (χ1) is 7.11. The third-order valence-corrected chi connectivity index (χ3v) is 2.63. The molecule has 0 bridgehead atoms. The molecule has 5 heteroatoms. The van der Waals surface area contributed by atoms with Gasteiger partial charge in [-0.25, -0.2) is 0 Å². The minimum Gasteiger partial charge on any atom is -0.377 e. The van der Waals surface area contributed by atoms with Crippen molar-refractivity contribution in [1.29, 1.82) is 0 Å². The van der Waals surface area contributed by atoms with E-state index in [0.717, 1.165) is 12.2 Å². The molecule has 0 aliphatic rings. The molecule has 0 aromatic carbocycles. The Morgan fingerprint density at radius 3 is 2.80 bits per heavy atom. The zero-order valence-electron chi connectivity index (χ0n) is 9.79. The lowest BCUT2D eigenvalue weighted by Gasteiger charge is -2.15. The van der Waals surface area contributed by atoms with E-state index in [1.54, 1.807) is 11.8 Å². The molecule has 0 aromatic rings. The van der Waals surface area contributed by atoms with Crippen molar-refractivity contribution in [3.05, 3.63) is 0 Å². The van der Waals surface area contributed by atoms with Crippen molar-refractivity contribution in [2.75, 3.05) is 25.2 Å². The van der Waals surface area contributed by atoms with E-state index in [9.17, 15) is 4.79 Å². The van der Waals surface area contributed by atoms with Crippen LogP contribution >= 0.6 is 11.8 Å². The maximum Gasteiger partial charge on any atom is 0.237 e. The van der Waals surface area contributed by atoms with Crippen molar-refractivity contribution >= 4 is 17.7 Å². The molecule has 2 atom stereocenters. The van der Waals surface area contributed by atoms with E-state index < -0.39 is 6.04 Å². The van der Waals surface area contributed by atoms with Crippen LogP contribution in [-0.4, -0.2) is 43.2 Å². The van der Waals surface area contributed by atoms with E-state index in [1.165, 1.54) is 0 Å². The maximum absolute atomic E-state index is 11.5. The fourth-order valence-electron chi connectivity index (χ4n) is 1.09. The Hall–Kier alpha value is -0.260. The summed E-state index contributed by atoms with van der Waals surface area (Å²) in [6.45, 7) is 5.05. The van der Waals surface area contributed by atoms with E-state index in [4.69, 9.17) is 10.5 Å². The van der Waals surface area contributed by atoms with Crippen LogP contribution < -0.4 is 11.1 Å². The van der Waals surface area contributed by atoms with Gasteiger partial charge in [-0.2, -0.15) is 11.8 Å². The average molecular weight is 234 g/mol. The van der Waals surface area contributed by atoms with Gasteiger partial charge in [0.25, 0.3) is 0 Å². The van der Waals surface area contributed by atoms with Crippen LogP contribution in [0.25, 0.3) is 0 Å². The third kappa shape index (κ3) is 7.64. The molecule has 1 unspecified atom stereocenters. The van der Waals surface area contributed by atoms with Crippen LogP contribution in [0.15, 0.2) is 0 Å². The number of carbonyl (C=O) groups is 1. The van der Waals surface area contributed by atoms with Crippen LogP contribution in [0.5, 0.6) is 0 Å². The fraction of sp³-hybridized carbons (Fsp3) is 0.900. The number of hydrogen-bond donors (Lipinski definition) is 2. The number of ether oxygens (including phenoxy) is 1. The first-order valence-corrected chi connectivity index (χ1v) is 6.65. The van der Waals surface area contributed by atoms with Gasteiger partial charge in [0.15, 0.2) is 0 Å². The Bertz CT molecular complexity index is 179. The normalized spacial score (nSPS) is 14.7. The van der Waals surface area contributed by atoms with Gasteiger partial charge in [-0.05, 0) is 32.3 Å². The summed E-state index contributed by atoms with van der Waals surface area (Å²) in [4.78, 5) is 11.5. The number of amides is 1. The van der Waals surface area contributed by atoms with Crippen LogP contribution in [0.2, 0.25) is 0 Å². The van der Waals surface area contributed by atoms with Gasteiger partial charge in [0.2, 0.25) is 5.91 Å². The predicted octanol–water partition coefficient (Wildman–Crippen LogP) is 0.608. The average Bonchev–Trinajstić information content (AvgIpc) is 2.22. The summed E-state index contributed by atoms with van der Waals surface area (Å²) in [7, 11) is 0. The molecule has 3 N–H and O–H groups in total. The van der Waals surface area contributed by atoms with E-state index >= 15 is 0 Å². The topological polar surface area (TPSA) is 64.3 Å². The van der Waals surface area contributed by atoms with E-state index in [1.807, 2.05) is 20.1 Å². The summed E-state index contributed by atoms with van der Waals surface area (Å²) in [5.74, 6) is 0.825. The van der Waals surface area contributed by atoms with E-state index in [0.29, 0.717) is 13.2 Å². The lowest BCUT2D eigenvalue weighted by molar-refractivity contribution is -0.123. The molecular weight excluding hydrogens is 212 g/mol. The Labute approximate surface area is 96.3 Å². The van der Waals surface area contributed by atoms with Crippen molar-refractivity contribution in [2.24, 2.45) is 5.73 Å². The molecular formula is C10H22N2O2S. The highest BCUT2D eigenvalue weighted by molar-refractivity contribution is 7.98. The lowest BCUT2D eigenvalue weighted by Crippen LogP contribution is -2.43. The SMILES string of the molecule is CCOC(C)CNC(=O)[C@H](N)CCSC. The van der Waals surface area contributed by atoms with Crippen LogP contribution in [0.1, 0.15) is 20.3 Å². The summed E-state index contributed by atoms with van der Waals surface area (Å²) >= 11 is 1.70. The quantitative estimate of drug-likeness (QED) is 0.646. The second-order valence-electron chi connectivity index (χ2n) is 3.40. The number of nitrogens with two attached hydrogens (primary N) is 1. The summed E-state index contributed by atoms with van der Waals surface area (Å²) in [6, 6.07) is -0.397. The summed E-state index contributed by atoms with van der Waals surface area (Å²) in [5.41, 5.74) is 5.70. The second-order valence-corrected chi connectivity index (χ2v) is 4.38. The number of hydrogen-bond acceptors (Lipinski definition) is 4. The highest BCUT2D eigenvalue weighted by Crippen LogP contribution is 1.98. The van der Waals surface area contributed by atoms with Crippen molar-refractivity contribution in [3.63, 3.8) is 0 Å². The van der Waals surface area contributed by atoms with Crippen molar-refractivity contribution in [3.8, 4) is 0 Å². The molecule has 0 aromatic heterocycles. The van der Waals surface area contributed by atoms with Gasteiger partial charge in [-0.1, -0.05) is 0 Å². The molecule has 15 heavy (non-hydrogen) atoms. The molecule has 1 amide bonds. The van der Waals surface area contributed by atoms with Gasteiger partial charge in [0.1, 0.15) is 0 Å². The Morgan fingerprint density at radius 2 is 2.27 bits per heavy atom. The first-order valence-electron chi connectivity index (χ1n) is 5.25. The van der Waals surface area contributed by atoms with Gasteiger partial charge >= 0.3 is 0 Å². The number of thioether (sulfide) groups is 1. The highest BCUT2D eigenvalue weighted by atomic mass is 32.2. The van der Waals surface area contributed by atoms with E-state index in [-0.39, 0.29) is 12.0 Å². The van der Waals surface area contributed by atoms with Crippen molar-refractivity contribution in [2.45, 2.75) is 32.4 Å². The monoisotopic (exact) mass is 234 g/mol. The fourth-order valence-corrected chi connectivity index (χ4v) is 1.58. The van der Waals surface area contributed by atoms with Crippen LogP contribution in [0, 0.1) is 0 Å². The molecule has 0 aliphatic carbocycles. The van der Waals surface area contributed by atoms with Gasteiger partial charge in [0, 0.05) is 13.2 Å². The van der Waals surface area contributed by atoms with Crippen LogP contribution in [0.4, 0.5) is 0 Å². The molecule has 0 fully saturated rings. The number of nitrogens with one attached hydrogen (secondary N) is 1. The minimum atomic E-state index is -0.397. The Morgan fingerprint density at radius 1 is 1.60 bits per heavy atom. The molecule has 0 saturated carbocycles. The Kier molecular flexibility index (Phi) is 8.85. The highest BCUT2D eigenvalue weighted by Gasteiger charge is 2.13. The van der Waals surface area contributed by atoms with Gasteiger partial charge in [-0.15, -0.1) is 0 Å². The molecule has 0 saturated heterocycles. The number of carbonyl (C=O) groups excluding carboxylic acids is 1. The van der Waals surface area contributed by atoms with E-state index in [2.05, 4.69) is 5.32 Å². The standard InChI is InChI=1S/C10H22N2O2S/c1-4-14-8(2)7-12-10(13)9(11)5-6-15-3/h8-9H,4-7,11H2,1-3H3,(H,12,13)/t8?,9-/m1/s1. The first kappa shape index (κ1) is 14.7. The van der Waals surface area contributed by atoms with Crippen LogP contribution in [-0.2, 0) is 9.53 Å².